The van der Waals surface area contributed by atoms with E-state index in [2.05, 4.69) is 28.7 Å². The highest BCUT2D eigenvalue weighted by molar-refractivity contribution is 7.15. The Labute approximate surface area is 99.1 Å². The third-order valence-electron chi connectivity index (χ3n) is 2.79. The van der Waals surface area contributed by atoms with E-state index in [4.69, 9.17) is 0 Å². The minimum Gasteiger partial charge on any atom is -0.309 e. The van der Waals surface area contributed by atoms with Crippen LogP contribution < -0.4 is 5.32 Å². The van der Waals surface area contributed by atoms with Crippen molar-refractivity contribution >= 4 is 11.3 Å². The van der Waals surface area contributed by atoms with Gasteiger partial charge in [-0.05, 0) is 25.0 Å². The summed E-state index contributed by atoms with van der Waals surface area (Å²) in [7, 11) is 1.95. The van der Waals surface area contributed by atoms with E-state index >= 15 is 0 Å². The largest absolute Gasteiger partial charge is 0.309 e. The first-order valence-corrected chi connectivity index (χ1v) is 6.44. The minimum absolute atomic E-state index is 0.781. The zero-order chi connectivity index (χ0) is 11.0. The molecule has 0 unspecified atom stereocenters. The van der Waals surface area contributed by atoms with Crippen LogP contribution in [0.15, 0.2) is 24.5 Å². The second-order valence-corrected chi connectivity index (χ2v) is 5.49. The van der Waals surface area contributed by atoms with Crippen LogP contribution in [0.2, 0.25) is 0 Å². The summed E-state index contributed by atoms with van der Waals surface area (Å²) >= 11 is 1.85. The van der Waals surface area contributed by atoms with Gasteiger partial charge in [0, 0.05) is 41.1 Å². The molecule has 2 aromatic heterocycles. The number of hydrogen-bond acceptors (Lipinski definition) is 3. The fourth-order valence-corrected chi connectivity index (χ4v) is 2.64. The molecule has 4 heteroatoms. The molecule has 1 aliphatic carbocycles. The van der Waals surface area contributed by atoms with Crippen molar-refractivity contribution in [2.24, 2.45) is 7.05 Å². The van der Waals surface area contributed by atoms with E-state index in [1.165, 1.54) is 28.2 Å². The Morgan fingerprint density at radius 2 is 2.38 bits per heavy atom. The van der Waals surface area contributed by atoms with Gasteiger partial charge < -0.3 is 5.32 Å². The van der Waals surface area contributed by atoms with Crippen LogP contribution >= 0.6 is 11.3 Å². The van der Waals surface area contributed by atoms with Crippen molar-refractivity contribution in [2.75, 3.05) is 0 Å². The molecule has 0 amide bonds. The van der Waals surface area contributed by atoms with Crippen LogP contribution in [0.3, 0.4) is 0 Å². The fourth-order valence-electron chi connectivity index (χ4n) is 1.71. The summed E-state index contributed by atoms with van der Waals surface area (Å²) in [5, 5.41) is 7.73. The van der Waals surface area contributed by atoms with Crippen LogP contribution in [-0.2, 0) is 13.6 Å². The van der Waals surface area contributed by atoms with Crippen molar-refractivity contribution in [3.63, 3.8) is 0 Å². The average Bonchev–Trinajstić information content (AvgIpc) is 2.81. The van der Waals surface area contributed by atoms with Gasteiger partial charge in [-0.1, -0.05) is 0 Å². The van der Waals surface area contributed by atoms with Crippen molar-refractivity contribution in [2.45, 2.75) is 25.4 Å². The molecule has 1 fully saturated rings. The summed E-state index contributed by atoms with van der Waals surface area (Å²) in [5.74, 6) is 0. The summed E-state index contributed by atoms with van der Waals surface area (Å²) in [5.41, 5.74) is 1.21. The number of aromatic nitrogens is 2. The molecular formula is C12H15N3S. The minimum atomic E-state index is 0.781. The van der Waals surface area contributed by atoms with E-state index in [0.717, 1.165) is 12.6 Å². The maximum absolute atomic E-state index is 4.19. The monoisotopic (exact) mass is 233 g/mol. The third kappa shape index (κ3) is 2.18. The molecule has 0 bridgehead atoms. The molecule has 2 heterocycles. The van der Waals surface area contributed by atoms with Crippen molar-refractivity contribution < 1.29 is 0 Å². The van der Waals surface area contributed by atoms with E-state index in [9.17, 15) is 0 Å². The van der Waals surface area contributed by atoms with Gasteiger partial charge >= 0.3 is 0 Å². The maximum atomic E-state index is 4.19. The molecule has 0 spiro atoms. The van der Waals surface area contributed by atoms with Gasteiger partial charge in [0.25, 0.3) is 0 Å². The van der Waals surface area contributed by atoms with Crippen LogP contribution in [0.1, 0.15) is 17.7 Å². The number of aryl methyl sites for hydroxylation is 1. The molecule has 16 heavy (non-hydrogen) atoms. The van der Waals surface area contributed by atoms with E-state index in [1.54, 1.807) is 0 Å². The zero-order valence-electron chi connectivity index (χ0n) is 9.31. The molecule has 84 valence electrons. The van der Waals surface area contributed by atoms with Gasteiger partial charge in [0.1, 0.15) is 0 Å². The molecule has 1 aliphatic rings. The predicted octanol–water partition coefficient (Wildman–Crippen LogP) is 2.40. The number of hydrogen-bond donors (Lipinski definition) is 1. The SMILES string of the molecule is Cn1cc(-c2ccc(CNC3CC3)s2)cn1. The lowest BCUT2D eigenvalue weighted by atomic mass is 10.3. The van der Waals surface area contributed by atoms with E-state index in [1.807, 2.05) is 29.3 Å². The van der Waals surface area contributed by atoms with Crippen LogP contribution in [0.4, 0.5) is 0 Å². The average molecular weight is 233 g/mol. The lowest BCUT2D eigenvalue weighted by Gasteiger charge is -1.97. The highest BCUT2D eigenvalue weighted by Crippen LogP contribution is 2.28. The van der Waals surface area contributed by atoms with Crippen LogP contribution in [-0.4, -0.2) is 15.8 Å². The van der Waals surface area contributed by atoms with Gasteiger partial charge in [-0.2, -0.15) is 5.10 Å². The normalized spacial score (nSPS) is 15.6. The Morgan fingerprint density at radius 1 is 1.50 bits per heavy atom. The molecule has 0 atom stereocenters. The maximum Gasteiger partial charge on any atom is 0.0576 e. The molecule has 1 saturated carbocycles. The summed E-state index contributed by atoms with van der Waals surface area (Å²) in [4.78, 5) is 2.71. The number of nitrogens with one attached hydrogen (secondary N) is 1. The highest BCUT2D eigenvalue weighted by Gasteiger charge is 2.20. The predicted molar refractivity (Wildman–Crippen MR) is 66.4 cm³/mol. The standard InChI is InChI=1S/C12H15N3S/c1-15-8-9(6-14-15)12-5-4-11(16-12)7-13-10-2-3-10/h4-6,8,10,13H,2-3,7H2,1H3. The molecule has 0 saturated heterocycles. The summed E-state index contributed by atoms with van der Waals surface area (Å²) in [6.45, 7) is 1.01. The second-order valence-electron chi connectivity index (χ2n) is 4.32. The Balaban J connectivity index is 1.71. The lowest BCUT2D eigenvalue weighted by molar-refractivity contribution is 0.695. The molecule has 0 aromatic carbocycles. The summed E-state index contributed by atoms with van der Waals surface area (Å²) in [6, 6.07) is 5.18. The van der Waals surface area contributed by atoms with E-state index in [0.29, 0.717) is 0 Å². The van der Waals surface area contributed by atoms with Crippen molar-refractivity contribution in [1.29, 1.82) is 0 Å². The lowest BCUT2D eigenvalue weighted by Crippen LogP contribution is -2.14. The number of rotatable bonds is 4. The van der Waals surface area contributed by atoms with Crippen LogP contribution in [0.25, 0.3) is 10.4 Å². The first-order valence-electron chi connectivity index (χ1n) is 5.62. The topological polar surface area (TPSA) is 29.9 Å². The number of nitrogens with zero attached hydrogens (tertiary/aromatic N) is 2. The molecule has 2 aromatic rings. The van der Waals surface area contributed by atoms with E-state index in [-0.39, 0.29) is 0 Å². The quantitative estimate of drug-likeness (QED) is 0.879. The van der Waals surface area contributed by atoms with Gasteiger partial charge in [-0.3, -0.25) is 4.68 Å². The molecule has 0 radical (unpaired) electrons. The van der Waals surface area contributed by atoms with Crippen LogP contribution in [0.5, 0.6) is 0 Å². The van der Waals surface area contributed by atoms with Gasteiger partial charge in [0.05, 0.1) is 6.20 Å². The third-order valence-corrected chi connectivity index (χ3v) is 3.93. The Morgan fingerprint density at radius 3 is 3.06 bits per heavy atom. The van der Waals surface area contributed by atoms with Gasteiger partial charge in [0.2, 0.25) is 0 Å². The summed E-state index contributed by atoms with van der Waals surface area (Å²) < 4.78 is 1.84. The van der Waals surface area contributed by atoms with Crippen molar-refractivity contribution in [3.8, 4) is 10.4 Å². The fraction of sp³-hybridized carbons (Fsp3) is 0.417. The Kier molecular flexibility index (Phi) is 2.53. The summed E-state index contributed by atoms with van der Waals surface area (Å²) in [6.07, 6.45) is 6.68. The van der Waals surface area contributed by atoms with Gasteiger partial charge in [0.15, 0.2) is 0 Å². The highest BCUT2D eigenvalue weighted by atomic mass is 32.1. The smallest absolute Gasteiger partial charge is 0.0576 e. The Bertz CT molecular complexity index is 482. The second kappa shape index (κ2) is 4.03. The molecule has 3 rings (SSSR count). The number of thiophene rings is 1. The van der Waals surface area contributed by atoms with Crippen molar-refractivity contribution in [3.05, 3.63) is 29.4 Å². The van der Waals surface area contributed by atoms with Crippen LogP contribution in [0, 0.1) is 0 Å². The molecule has 1 N–H and O–H groups in total. The molecular weight excluding hydrogens is 218 g/mol. The molecule has 0 aliphatic heterocycles. The first kappa shape index (κ1) is 10.1. The zero-order valence-corrected chi connectivity index (χ0v) is 10.1. The first-order chi connectivity index (χ1) is 7.81. The van der Waals surface area contributed by atoms with Gasteiger partial charge in [-0.25, -0.2) is 0 Å². The van der Waals surface area contributed by atoms with Crippen molar-refractivity contribution in [1.82, 2.24) is 15.1 Å². The van der Waals surface area contributed by atoms with Gasteiger partial charge in [-0.15, -0.1) is 11.3 Å². The van der Waals surface area contributed by atoms with E-state index < -0.39 is 0 Å². The Hall–Kier alpha value is -1.13. The molecule has 3 nitrogen and oxygen atoms in total.